The Morgan fingerprint density at radius 1 is 1.33 bits per heavy atom. The molecule has 6 nitrogen and oxygen atoms in total. The number of halogens is 2. The Balaban J connectivity index is 2.16. The Hall–Kier alpha value is -1.67. The van der Waals surface area contributed by atoms with Crippen LogP contribution in [0.3, 0.4) is 0 Å². The Morgan fingerprint density at radius 3 is 2.71 bits per heavy atom. The van der Waals surface area contributed by atoms with Gasteiger partial charge in [0.05, 0.1) is 15.7 Å². The molecule has 3 N–H and O–H groups in total. The number of amides is 2. The van der Waals surface area contributed by atoms with E-state index in [2.05, 4.69) is 10.3 Å². The Bertz CT molecular complexity index is 751. The Labute approximate surface area is 153 Å². The Kier molecular flexibility index (Phi) is 6.56. The molecule has 1 aromatic carbocycles. The zero-order chi connectivity index (χ0) is 17.7. The minimum Gasteiger partial charge on any atom is -0.354 e. The van der Waals surface area contributed by atoms with Crippen LogP contribution in [0.5, 0.6) is 0 Å². The normalized spacial score (nSPS) is 10.5. The van der Waals surface area contributed by atoms with Crippen LogP contribution in [-0.4, -0.2) is 30.4 Å². The van der Waals surface area contributed by atoms with Gasteiger partial charge in [-0.1, -0.05) is 23.2 Å². The average Bonchev–Trinajstić information content (AvgIpc) is 2.98. The number of rotatable bonds is 6. The number of aromatic nitrogens is 1. The second kappa shape index (κ2) is 8.43. The van der Waals surface area contributed by atoms with Gasteiger partial charge in [0.15, 0.2) is 11.7 Å². The number of benzene rings is 1. The zero-order valence-electron chi connectivity index (χ0n) is 13.2. The van der Waals surface area contributed by atoms with Crippen molar-refractivity contribution in [1.82, 2.24) is 10.3 Å². The van der Waals surface area contributed by atoms with Crippen LogP contribution >= 0.6 is 34.5 Å². The standard InChI is InChI=1S/C15H16Cl2N4O2S/c1-9(22)21(11-3-4-12(16)13(17)5-11)15-20-10(8-24-15)6-19-7-14(23)18-2/h3-5,8,19H,6-7H2,1-2H3,(H,18,23)/p+1. The van der Waals surface area contributed by atoms with Gasteiger partial charge < -0.3 is 10.6 Å². The average molecular weight is 388 g/mol. The van der Waals surface area contributed by atoms with Crippen molar-refractivity contribution < 1.29 is 14.9 Å². The molecule has 9 heteroatoms. The lowest BCUT2D eigenvalue weighted by Gasteiger charge is -2.18. The van der Waals surface area contributed by atoms with Crippen molar-refractivity contribution in [3.8, 4) is 0 Å². The van der Waals surface area contributed by atoms with Gasteiger partial charge in [-0.05, 0) is 18.2 Å². The first-order valence-corrected chi connectivity index (χ1v) is 8.78. The molecule has 0 saturated carbocycles. The molecule has 1 aromatic heterocycles. The molecule has 0 aliphatic heterocycles. The van der Waals surface area contributed by atoms with E-state index < -0.39 is 0 Å². The van der Waals surface area contributed by atoms with E-state index in [1.807, 2.05) is 10.7 Å². The summed E-state index contributed by atoms with van der Waals surface area (Å²) in [6.07, 6.45) is 0. The first-order valence-electron chi connectivity index (χ1n) is 7.14. The topological polar surface area (TPSA) is 78.9 Å². The van der Waals surface area contributed by atoms with Gasteiger partial charge in [-0.15, -0.1) is 11.3 Å². The molecule has 0 unspecified atom stereocenters. The molecular formula is C15H17Cl2N4O2S+. The highest BCUT2D eigenvalue weighted by molar-refractivity contribution is 7.14. The molecule has 2 rings (SSSR count). The summed E-state index contributed by atoms with van der Waals surface area (Å²) < 4.78 is 0. The number of carbonyl (C=O) groups is 2. The molecule has 128 valence electrons. The number of nitrogens with one attached hydrogen (secondary N) is 1. The monoisotopic (exact) mass is 387 g/mol. The van der Waals surface area contributed by atoms with E-state index in [1.165, 1.54) is 23.2 Å². The van der Waals surface area contributed by atoms with E-state index in [9.17, 15) is 9.59 Å². The lowest BCUT2D eigenvalue weighted by molar-refractivity contribution is -0.660. The SMILES string of the molecule is CNC(=O)C[NH2+]Cc1csc(N(C(C)=O)c2ccc(Cl)c(Cl)c2)n1. The van der Waals surface area contributed by atoms with Crippen LogP contribution in [0, 0.1) is 0 Å². The number of likely N-dealkylation sites (N-methyl/N-ethyl adjacent to an activating group) is 1. The van der Waals surface area contributed by atoms with E-state index >= 15 is 0 Å². The summed E-state index contributed by atoms with van der Waals surface area (Å²) in [4.78, 5) is 29.2. The summed E-state index contributed by atoms with van der Waals surface area (Å²) >= 11 is 13.3. The van der Waals surface area contributed by atoms with Crippen molar-refractivity contribution in [2.45, 2.75) is 13.5 Å². The van der Waals surface area contributed by atoms with Gasteiger partial charge in [0.25, 0.3) is 5.91 Å². The molecular weight excluding hydrogens is 371 g/mol. The number of thiazole rings is 1. The van der Waals surface area contributed by atoms with Gasteiger partial charge in [-0.3, -0.25) is 14.5 Å². The van der Waals surface area contributed by atoms with Crippen molar-refractivity contribution in [2.24, 2.45) is 0 Å². The van der Waals surface area contributed by atoms with Crippen LogP contribution in [0.25, 0.3) is 0 Å². The smallest absolute Gasteiger partial charge is 0.274 e. The largest absolute Gasteiger partial charge is 0.354 e. The lowest BCUT2D eigenvalue weighted by Crippen LogP contribution is -2.85. The fraction of sp³-hybridized carbons (Fsp3) is 0.267. The predicted molar refractivity (Wildman–Crippen MR) is 96.0 cm³/mol. The molecule has 0 bridgehead atoms. The second-order valence-electron chi connectivity index (χ2n) is 4.94. The summed E-state index contributed by atoms with van der Waals surface area (Å²) in [5.74, 6) is -0.227. The fourth-order valence-corrected chi connectivity index (χ4v) is 3.19. The molecule has 0 fully saturated rings. The van der Waals surface area contributed by atoms with Gasteiger partial charge in [0.1, 0.15) is 12.2 Å². The van der Waals surface area contributed by atoms with E-state index in [1.54, 1.807) is 25.2 Å². The molecule has 2 amide bonds. The second-order valence-corrected chi connectivity index (χ2v) is 6.60. The predicted octanol–water partition coefficient (Wildman–Crippen LogP) is 1.94. The molecule has 2 aromatic rings. The molecule has 0 atom stereocenters. The molecule has 0 saturated heterocycles. The third kappa shape index (κ3) is 4.67. The van der Waals surface area contributed by atoms with E-state index in [0.717, 1.165) is 5.69 Å². The number of nitrogens with two attached hydrogens (primary N) is 1. The maximum Gasteiger partial charge on any atom is 0.274 e. The Morgan fingerprint density at radius 2 is 2.08 bits per heavy atom. The third-order valence-corrected chi connectivity index (χ3v) is 4.78. The van der Waals surface area contributed by atoms with Gasteiger partial charge in [0, 0.05) is 19.4 Å². The summed E-state index contributed by atoms with van der Waals surface area (Å²) in [7, 11) is 1.60. The van der Waals surface area contributed by atoms with Crippen LogP contribution < -0.4 is 15.5 Å². The quantitative estimate of drug-likeness (QED) is 0.794. The number of hydrogen-bond acceptors (Lipinski definition) is 4. The maximum absolute atomic E-state index is 12.0. The summed E-state index contributed by atoms with van der Waals surface area (Å²) in [5, 5.41) is 7.60. The first-order chi connectivity index (χ1) is 11.4. The first kappa shape index (κ1) is 18.7. The number of nitrogens with zero attached hydrogens (tertiary/aromatic N) is 2. The van der Waals surface area contributed by atoms with Crippen LogP contribution in [0.4, 0.5) is 10.8 Å². The van der Waals surface area contributed by atoms with Gasteiger partial charge in [-0.2, -0.15) is 0 Å². The number of hydrogen-bond donors (Lipinski definition) is 2. The van der Waals surface area contributed by atoms with Gasteiger partial charge in [0.2, 0.25) is 5.91 Å². The number of anilines is 2. The maximum atomic E-state index is 12.0. The molecule has 0 aliphatic rings. The van der Waals surface area contributed by atoms with Crippen molar-refractivity contribution in [2.75, 3.05) is 18.5 Å². The third-order valence-electron chi connectivity index (χ3n) is 3.17. The van der Waals surface area contributed by atoms with Crippen LogP contribution in [0.1, 0.15) is 12.6 Å². The molecule has 24 heavy (non-hydrogen) atoms. The van der Waals surface area contributed by atoms with Crippen molar-refractivity contribution in [3.05, 3.63) is 39.3 Å². The molecule has 1 heterocycles. The van der Waals surface area contributed by atoms with Crippen LogP contribution in [0.15, 0.2) is 23.6 Å². The van der Waals surface area contributed by atoms with Crippen molar-refractivity contribution in [1.29, 1.82) is 0 Å². The summed E-state index contributed by atoms with van der Waals surface area (Å²) in [6.45, 7) is 2.34. The summed E-state index contributed by atoms with van der Waals surface area (Å²) in [6, 6.07) is 4.99. The number of carbonyl (C=O) groups excluding carboxylic acids is 2. The molecule has 0 radical (unpaired) electrons. The fourth-order valence-electron chi connectivity index (χ4n) is 2.00. The number of quaternary nitrogens is 1. The highest BCUT2D eigenvalue weighted by atomic mass is 35.5. The van der Waals surface area contributed by atoms with Crippen LogP contribution in [-0.2, 0) is 16.1 Å². The van der Waals surface area contributed by atoms with Crippen LogP contribution in [0.2, 0.25) is 10.0 Å². The highest BCUT2D eigenvalue weighted by Gasteiger charge is 2.19. The minimum atomic E-state index is -0.177. The highest BCUT2D eigenvalue weighted by Crippen LogP contribution is 2.33. The van der Waals surface area contributed by atoms with E-state index in [0.29, 0.717) is 34.0 Å². The zero-order valence-corrected chi connectivity index (χ0v) is 15.5. The van der Waals surface area contributed by atoms with E-state index in [-0.39, 0.29) is 11.8 Å². The molecule has 0 spiro atoms. The van der Waals surface area contributed by atoms with E-state index in [4.69, 9.17) is 23.2 Å². The van der Waals surface area contributed by atoms with Crippen molar-refractivity contribution >= 4 is 57.2 Å². The van der Waals surface area contributed by atoms with Gasteiger partial charge >= 0.3 is 0 Å². The minimum absolute atomic E-state index is 0.0494. The van der Waals surface area contributed by atoms with Gasteiger partial charge in [-0.25, -0.2) is 4.98 Å². The van der Waals surface area contributed by atoms with Crippen molar-refractivity contribution in [3.63, 3.8) is 0 Å². The molecule has 0 aliphatic carbocycles. The lowest BCUT2D eigenvalue weighted by atomic mass is 10.3. The summed E-state index contributed by atoms with van der Waals surface area (Å²) in [5.41, 5.74) is 1.40.